The molecule has 1 atom stereocenters. The molecule has 6 nitrogen and oxygen atoms in total. The van der Waals surface area contributed by atoms with Gasteiger partial charge in [0.05, 0.1) is 5.92 Å². The van der Waals surface area contributed by atoms with Crippen LogP contribution in [0.2, 0.25) is 0 Å². The zero-order chi connectivity index (χ0) is 13.5. The Balaban J connectivity index is 2.49. The first kappa shape index (κ1) is 12.3. The van der Waals surface area contributed by atoms with Crippen LogP contribution < -0.4 is 0 Å². The molecule has 0 aromatic carbocycles. The summed E-state index contributed by atoms with van der Waals surface area (Å²) in [4.78, 5) is 17.6. The second-order valence-corrected chi connectivity index (χ2v) is 3.62. The summed E-state index contributed by atoms with van der Waals surface area (Å²) >= 11 is 0. The average Bonchev–Trinajstić information content (AvgIpc) is 2.69. The highest BCUT2D eigenvalue weighted by Crippen LogP contribution is 2.26. The third-order valence-corrected chi connectivity index (χ3v) is 2.34. The van der Waals surface area contributed by atoms with Gasteiger partial charge in [-0.2, -0.15) is 18.2 Å². The van der Waals surface area contributed by atoms with Crippen LogP contribution >= 0.6 is 0 Å². The Bertz CT molecular complexity index is 607. The highest BCUT2D eigenvalue weighted by Gasteiger charge is 2.36. The number of halogens is 3. The van der Waals surface area contributed by atoms with Crippen LogP contribution in [-0.4, -0.2) is 30.7 Å². The molecule has 2 rings (SSSR count). The number of carboxylic acid groups (broad SMARTS) is 1. The van der Waals surface area contributed by atoms with Gasteiger partial charge in [0.15, 0.2) is 0 Å². The number of rotatable bonds is 2. The Morgan fingerprint density at radius 1 is 1.50 bits per heavy atom. The first-order chi connectivity index (χ1) is 8.29. The van der Waals surface area contributed by atoms with Crippen molar-refractivity contribution in [3.63, 3.8) is 0 Å². The number of hydrogen-bond acceptors (Lipinski definition) is 4. The molecule has 0 aliphatic carbocycles. The van der Waals surface area contributed by atoms with Crippen LogP contribution in [0.3, 0.4) is 0 Å². The van der Waals surface area contributed by atoms with Crippen molar-refractivity contribution in [2.75, 3.05) is 0 Å². The first-order valence-corrected chi connectivity index (χ1v) is 4.81. The van der Waals surface area contributed by atoms with E-state index in [9.17, 15) is 18.0 Å². The monoisotopic (exact) mass is 260 g/mol. The number of hydrogen-bond donors (Lipinski definition) is 1. The number of carbonyl (C=O) groups is 1. The Morgan fingerprint density at radius 3 is 2.72 bits per heavy atom. The van der Waals surface area contributed by atoms with Crippen LogP contribution in [-0.2, 0) is 11.0 Å². The molecule has 0 aliphatic heterocycles. The van der Waals surface area contributed by atoms with E-state index in [1.54, 1.807) is 0 Å². The molecule has 2 aromatic rings. The molecule has 0 amide bonds. The van der Waals surface area contributed by atoms with E-state index >= 15 is 0 Å². The van der Waals surface area contributed by atoms with E-state index in [0.717, 1.165) is 4.52 Å². The molecule has 96 valence electrons. The molecule has 0 bridgehead atoms. The Hall–Kier alpha value is -2.19. The SMILES string of the molecule is CC(C(=O)O)c1cnc2nc(C(F)(F)F)nn2c1. The lowest BCUT2D eigenvalue weighted by atomic mass is 10.1. The molecule has 2 heterocycles. The fraction of sp³-hybridized carbons (Fsp3) is 0.333. The van der Waals surface area contributed by atoms with Crippen molar-refractivity contribution in [1.82, 2.24) is 19.6 Å². The third-order valence-electron chi connectivity index (χ3n) is 2.34. The zero-order valence-corrected chi connectivity index (χ0v) is 9.01. The number of aromatic nitrogens is 4. The smallest absolute Gasteiger partial charge is 0.453 e. The van der Waals surface area contributed by atoms with E-state index in [2.05, 4.69) is 15.1 Å². The lowest BCUT2D eigenvalue weighted by Crippen LogP contribution is -2.09. The number of aliphatic carboxylic acids is 1. The number of fused-ring (bicyclic) bond motifs is 1. The summed E-state index contributed by atoms with van der Waals surface area (Å²) in [6.45, 7) is 1.40. The van der Waals surface area contributed by atoms with Gasteiger partial charge < -0.3 is 5.11 Å². The van der Waals surface area contributed by atoms with E-state index in [1.165, 1.54) is 19.3 Å². The van der Waals surface area contributed by atoms with Crippen LogP contribution in [0.25, 0.3) is 5.78 Å². The fourth-order valence-corrected chi connectivity index (χ4v) is 1.28. The lowest BCUT2D eigenvalue weighted by molar-refractivity contribution is -0.144. The minimum atomic E-state index is -4.66. The topological polar surface area (TPSA) is 80.4 Å². The van der Waals surface area contributed by atoms with Crippen molar-refractivity contribution < 1.29 is 23.1 Å². The molecule has 0 saturated heterocycles. The minimum Gasteiger partial charge on any atom is -0.481 e. The third kappa shape index (κ3) is 2.11. The van der Waals surface area contributed by atoms with Crippen LogP contribution in [0.5, 0.6) is 0 Å². The molecule has 1 unspecified atom stereocenters. The van der Waals surface area contributed by atoms with Gasteiger partial charge in [-0.25, -0.2) is 9.50 Å². The number of nitrogens with zero attached hydrogens (tertiary/aromatic N) is 4. The van der Waals surface area contributed by atoms with Gasteiger partial charge in [0.25, 0.3) is 11.6 Å². The molecule has 0 spiro atoms. The highest BCUT2D eigenvalue weighted by atomic mass is 19.4. The van der Waals surface area contributed by atoms with Gasteiger partial charge in [-0.1, -0.05) is 0 Å². The van der Waals surface area contributed by atoms with Gasteiger partial charge in [0, 0.05) is 18.0 Å². The normalized spacial score (nSPS) is 13.8. The molecule has 18 heavy (non-hydrogen) atoms. The van der Waals surface area contributed by atoms with E-state index in [0.29, 0.717) is 0 Å². The molecule has 0 radical (unpaired) electrons. The molecule has 9 heteroatoms. The van der Waals surface area contributed by atoms with E-state index in [1.807, 2.05) is 0 Å². The minimum absolute atomic E-state index is 0.233. The van der Waals surface area contributed by atoms with Crippen molar-refractivity contribution >= 4 is 11.7 Å². The van der Waals surface area contributed by atoms with E-state index in [-0.39, 0.29) is 11.3 Å². The van der Waals surface area contributed by atoms with Gasteiger partial charge in [0.1, 0.15) is 0 Å². The van der Waals surface area contributed by atoms with Gasteiger partial charge in [-0.05, 0) is 6.92 Å². The van der Waals surface area contributed by atoms with Gasteiger partial charge in [-0.15, -0.1) is 5.10 Å². The van der Waals surface area contributed by atoms with Crippen LogP contribution in [0.4, 0.5) is 13.2 Å². The summed E-state index contributed by atoms with van der Waals surface area (Å²) < 4.78 is 37.9. The lowest BCUT2D eigenvalue weighted by Gasteiger charge is -2.04. The standard InChI is InChI=1S/C9H7F3N4O2/c1-4(6(17)18)5-2-13-8-14-7(9(10,11)12)15-16(8)3-5/h2-4H,1H3,(H,17,18). The molecule has 0 aliphatic rings. The second-order valence-electron chi connectivity index (χ2n) is 3.62. The largest absolute Gasteiger partial charge is 0.481 e. The van der Waals surface area contributed by atoms with E-state index in [4.69, 9.17) is 5.11 Å². The van der Waals surface area contributed by atoms with Crippen molar-refractivity contribution in [3.8, 4) is 0 Å². The molecule has 2 aromatic heterocycles. The summed E-state index contributed by atoms with van der Waals surface area (Å²) in [6, 6.07) is 0. The van der Waals surface area contributed by atoms with Crippen LogP contribution in [0.1, 0.15) is 24.2 Å². The maximum atomic E-state index is 12.4. The number of alkyl halides is 3. The second kappa shape index (κ2) is 3.93. The van der Waals surface area contributed by atoms with Crippen LogP contribution in [0.15, 0.2) is 12.4 Å². The van der Waals surface area contributed by atoms with Crippen LogP contribution in [0, 0.1) is 0 Å². The maximum absolute atomic E-state index is 12.4. The summed E-state index contributed by atoms with van der Waals surface area (Å²) in [5, 5.41) is 12.0. The van der Waals surface area contributed by atoms with Gasteiger partial charge in [0.2, 0.25) is 0 Å². The van der Waals surface area contributed by atoms with Crippen molar-refractivity contribution in [1.29, 1.82) is 0 Å². The fourth-order valence-electron chi connectivity index (χ4n) is 1.28. The summed E-state index contributed by atoms with van der Waals surface area (Å²) in [5.41, 5.74) is 0.244. The first-order valence-electron chi connectivity index (χ1n) is 4.81. The van der Waals surface area contributed by atoms with Crippen molar-refractivity contribution in [3.05, 3.63) is 23.8 Å². The Labute approximate surface area is 98.1 Å². The average molecular weight is 260 g/mol. The van der Waals surface area contributed by atoms with Gasteiger partial charge >= 0.3 is 12.1 Å². The summed E-state index contributed by atoms with van der Waals surface area (Å²) in [5.74, 6) is -3.54. The van der Waals surface area contributed by atoms with Gasteiger partial charge in [-0.3, -0.25) is 4.79 Å². The molecule has 0 saturated carbocycles. The number of carboxylic acids is 1. The Kier molecular flexibility index (Phi) is 2.68. The Morgan fingerprint density at radius 2 is 2.17 bits per heavy atom. The van der Waals surface area contributed by atoms with Crippen molar-refractivity contribution in [2.24, 2.45) is 0 Å². The summed E-state index contributed by atoms with van der Waals surface area (Å²) in [7, 11) is 0. The predicted octanol–water partition coefficient (Wildman–Crippen LogP) is 1.33. The zero-order valence-electron chi connectivity index (χ0n) is 9.01. The quantitative estimate of drug-likeness (QED) is 0.881. The molecule has 0 fully saturated rings. The van der Waals surface area contributed by atoms with E-state index < -0.39 is 23.9 Å². The maximum Gasteiger partial charge on any atom is 0.453 e. The van der Waals surface area contributed by atoms with Crippen molar-refractivity contribution in [2.45, 2.75) is 19.0 Å². The molecular formula is C9H7F3N4O2. The molecule has 1 N–H and O–H groups in total. The summed E-state index contributed by atoms with van der Waals surface area (Å²) in [6.07, 6.45) is -2.32. The highest BCUT2D eigenvalue weighted by molar-refractivity contribution is 5.75. The predicted molar refractivity (Wildman–Crippen MR) is 51.8 cm³/mol. The molecular weight excluding hydrogens is 253 g/mol.